The monoisotopic (exact) mass is 283 g/mol. The fraction of sp³-hybridized carbons (Fsp3) is 0.643. The van der Waals surface area contributed by atoms with Gasteiger partial charge in [0.15, 0.2) is 0 Å². The van der Waals surface area contributed by atoms with E-state index in [1.54, 1.807) is 11.3 Å². The normalized spacial score (nSPS) is 13.5. The Labute approximate surface area is 119 Å². The lowest BCUT2D eigenvalue weighted by atomic mass is 9.87. The van der Waals surface area contributed by atoms with Crippen molar-refractivity contribution in [1.29, 1.82) is 0 Å². The smallest absolute Gasteiger partial charge is 0.144 e. The van der Waals surface area contributed by atoms with E-state index in [0.29, 0.717) is 11.9 Å². The Balaban J connectivity index is 2.60. The van der Waals surface area contributed by atoms with E-state index < -0.39 is 0 Å². The Hall–Kier alpha value is -1.07. The van der Waals surface area contributed by atoms with Crippen molar-refractivity contribution in [2.45, 2.75) is 46.7 Å². The topological polar surface area (TPSA) is 61.8 Å². The summed E-state index contributed by atoms with van der Waals surface area (Å²) in [6.45, 7) is 10.3. The number of hydrogen-bond donors (Lipinski definition) is 2. The summed E-state index contributed by atoms with van der Waals surface area (Å²) in [4.78, 5) is 3.79. The minimum atomic E-state index is -0.280. The highest BCUT2D eigenvalue weighted by Crippen LogP contribution is 2.23. The Morgan fingerprint density at radius 3 is 2.68 bits per heavy atom. The molecule has 1 aromatic rings. The summed E-state index contributed by atoms with van der Waals surface area (Å²) >= 11 is 1.78. The molecular weight excluding hydrogens is 258 g/mol. The van der Waals surface area contributed by atoms with Crippen LogP contribution in [0, 0.1) is 5.41 Å². The predicted molar refractivity (Wildman–Crippen MR) is 81.7 cm³/mol. The van der Waals surface area contributed by atoms with Gasteiger partial charge in [-0.3, -0.25) is 4.90 Å². The Morgan fingerprint density at radius 2 is 2.21 bits per heavy atom. The number of rotatable bonds is 7. The summed E-state index contributed by atoms with van der Waals surface area (Å²) in [6, 6.07) is 4.72. The van der Waals surface area contributed by atoms with Crippen molar-refractivity contribution in [2.75, 3.05) is 6.54 Å². The van der Waals surface area contributed by atoms with Crippen molar-refractivity contribution < 1.29 is 5.21 Å². The second-order valence-electron chi connectivity index (χ2n) is 5.76. The molecule has 0 fully saturated rings. The zero-order chi connectivity index (χ0) is 14.5. The van der Waals surface area contributed by atoms with E-state index in [2.05, 4.69) is 41.4 Å². The van der Waals surface area contributed by atoms with Crippen LogP contribution in [0.2, 0.25) is 0 Å². The first-order valence-electron chi connectivity index (χ1n) is 6.61. The molecule has 0 aromatic carbocycles. The second kappa shape index (κ2) is 6.91. The zero-order valence-electron chi connectivity index (χ0n) is 12.3. The number of nitrogens with two attached hydrogens (primary N) is 1. The average molecular weight is 283 g/mol. The van der Waals surface area contributed by atoms with Gasteiger partial charge >= 0.3 is 0 Å². The third-order valence-corrected chi connectivity index (χ3v) is 4.36. The van der Waals surface area contributed by atoms with Gasteiger partial charge in [-0.1, -0.05) is 25.1 Å². The number of nitrogens with zero attached hydrogens (tertiary/aromatic N) is 2. The fourth-order valence-corrected chi connectivity index (χ4v) is 2.54. The molecule has 0 unspecified atom stereocenters. The predicted octanol–water partition coefficient (Wildman–Crippen LogP) is 3.12. The van der Waals surface area contributed by atoms with E-state index in [1.165, 1.54) is 4.88 Å². The van der Waals surface area contributed by atoms with Crippen molar-refractivity contribution in [3.8, 4) is 0 Å². The van der Waals surface area contributed by atoms with Gasteiger partial charge in [0.05, 0.1) is 0 Å². The lowest BCUT2D eigenvalue weighted by molar-refractivity contribution is 0.192. The number of thiophene rings is 1. The van der Waals surface area contributed by atoms with E-state index in [0.717, 1.165) is 19.5 Å². The zero-order valence-corrected chi connectivity index (χ0v) is 13.1. The minimum Gasteiger partial charge on any atom is -0.409 e. The molecular formula is C14H25N3OS. The third kappa shape index (κ3) is 4.84. The molecule has 0 aliphatic rings. The molecule has 0 atom stereocenters. The van der Waals surface area contributed by atoms with Crippen LogP contribution in [0.5, 0.6) is 0 Å². The highest BCUT2D eigenvalue weighted by atomic mass is 32.1. The van der Waals surface area contributed by atoms with Gasteiger partial charge in [-0.25, -0.2) is 0 Å². The maximum absolute atomic E-state index is 8.80. The van der Waals surface area contributed by atoms with Crippen LogP contribution >= 0.6 is 11.3 Å². The molecule has 3 N–H and O–H groups in total. The molecule has 1 rings (SSSR count). The van der Waals surface area contributed by atoms with Crippen LogP contribution in [0.15, 0.2) is 22.7 Å². The van der Waals surface area contributed by atoms with Gasteiger partial charge in [0, 0.05) is 22.9 Å². The quantitative estimate of drug-likeness (QED) is 0.350. The van der Waals surface area contributed by atoms with Gasteiger partial charge in [0.25, 0.3) is 0 Å². The molecule has 4 nitrogen and oxygen atoms in total. The van der Waals surface area contributed by atoms with Gasteiger partial charge in [0.1, 0.15) is 5.84 Å². The van der Waals surface area contributed by atoms with Gasteiger partial charge in [-0.05, 0) is 38.3 Å². The Morgan fingerprint density at radius 1 is 1.53 bits per heavy atom. The summed E-state index contributed by atoms with van der Waals surface area (Å²) in [7, 11) is 0. The molecule has 0 radical (unpaired) electrons. The van der Waals surface area contributed by atoms with Crippen molar-refractivity contribution in [3.63, 3.8) is 0 Å². The summed E-state index contributed by atoms with van der Waals surface area (Å²) in [5.41, 5.74) is 5.45. The molecule has 19 heavy (non-hydrogen) atoms. The van der Waals surface area contributed by atoms with Crippen molar-refractivity contribution in [3.05, 3.63) is 22.4 Å². The van der Waals surface area contributed by atoms with Crippen LogP contribution in [-0.2, 0) is 6.54 Å². The molecule has 0 saturated heterocycles. The van der Waals surface area contributed by atoms with E-state index in [1.807, 2.05) is 13.8 Å². The molecule has 5 heteroatoms. The molecule has 0 spiro atoms. The van der Waals surface area contributed by atoms with Crippen LogP contribution in [0.4, 0.5) is 0 Å². The van der Waals surface area contributed by atoms with E-state index in [-0.39, 0.29) is 5.41 Å². The highest BCUT2D eigenvalue weighted by molar-refractivity contribution is 7.09. The van der Waals surface area contributed by atoms with E-state index in [4.69, 9.17) is 10.9 Å². The van der Waals surface area contributed by atoms with E-state index >= 15 is 0 Å². The van der Waals surface area contributed by atoms with Crippen molar-refractivity contribution in [1.82, 2.24) is 4.90 Å². The molecule has 1 aromatic heterocycles. The lowest BCUT2D eigenvalue weighted by Gasteiger charge is -2.30. The van der Waals surface area contributed by atoms with Crippen LogP contribution in [-0.4, -0.2) is 28.5 Å². The van der Waals surface area contributed by atoms with Crippen molar-refractivity contribution >= 4 is 17.2 Å². The Bertz CT molecular complexity index is 399. The van der Waals surface area contributed by atoms with Crippen LogP contribution in [0.25, 0.3) is 0 Å². The molecule has 1 heterocycles. The molecule has 108 valence electrons. The first-order valence-corrected chi connectivity index (χ1v) is 7.49. The average Bonchev–Trinajstić information content (AvgIpc) is 2.85. The summed E-state index contributed by atoms with van der Waals surface area (Å²) in [6.07, 6.45) is 0.868. The van der Waals surface area contributed by atoms with Crippen LogP contribution in [0.3, 0.4) is 0 Å². The van der Waals surface area contributed by atoms with Crippen LogP contribution in [0.1, 0.15) is 39.0 Å². The van der Waals surface area contributed by atoms with Gasteiger partial charge in [-0.2, -0.15) is 0 Å². The number of hydrogen-bond acceptors (Lipinski definition) is 4. The third-order valence-electron chi connectivity index (χ3n) is 3.49. The molecule has 0 bridgehead atoms. The summed E-state index contributed by atoms with van der Waals surface area (Å²) in [5.74, 6) is 0.298. The lowest BCUT2D eigenvalue weighted by Crippen LogP contribution is -2.38. The molecule has 0 aliphatic heterocycles. The second-order valence-corrected chi connectivity index (χ2v) is 6.79. The van der Waals surface area contributed by atoms with Gasteiger partial charge in [0.2, 0.25) is 0 Å². The van der Waals surface area contributed by atoms with Crippen molar-refractivity contribution in [2.24, 2.45) is 16.3 Å². The summed E-state index contributed by atoms with van der Waals surface area (Å²) < 4.78 is 0. The van der Waals surface area contributed by atoms with Crippen LogP contribution < -0.4 is 5.73 Å². The maximum Gasteiger partial charge on any atom is 0.144 e. The van der Waals surface area contributed by atoms with E-state index in [9.17, 15) is 0 Å². The fourth-order valence-electron chi connectivity index (χ4n) is 1.81. The SMILES string of the molecule is CC(C)N(CCC(C)(C)C(N)=NO)Cc1cccs1. The molecule has 0 amide bonds. The first-order chi connectivity index (χ1) is 8.86. The molecule has 0 saturated carbocycles. The number of oxime groups is 1. The van der Waals surface area contributed by atoms with Gasteiger partial charge in [-0.15, -0.1) is 11.3 Å². The number of amidine groups is 1. The van der Waals surface area contributed by atoms with Gasteiger partial charge < -0.3 is 10.9 Å². The Kier molecular flexibility index (Phi) is 5.82. The first kappa shape index (κ1) is 16.0. The maximum atomic E-state index is 8.80. The summed E-state index contributed by atoms with van der Waals surface area (Å²) in [5, 5.41) is 14.0. The largest absolute Gasteiger partial charge is 0.409 e. The highest BCUT2D eigenvalue weighted by Gasteiger charge is 2.25. The minimum absolute atomic E-state index is 0.280. The molecule has 0 aliphatic carbocycles. The standard InChI is InChI=1S/C14H25N3OS/c1-11(2)17(10-12-6-5-9-19-12)8-7-14(3,4)13(15)16-18/h5-6,9,11,18H,7-8,10H2,1-4H3,(H2,15,16).